The number of carbonyl (C=O) groups excluding carboxylic acids is 1. The van der Waals surface area contributed by atoms with Crippen molar-refractivity contribution in [2.24, 2.45) is 5.92 Å². The quantitative estimate of drug-likeness (QED) is 0.846. The van der Waals surface area contributed by atoms with Gasteiger partial charge in [-0.05, 0) is 31.4 Å². The van der Waals surface area contributed by atoms with Crippen molar-refractivity contribution in [2.75, 3.05) is 19.8 Å². The van der Waals surface area contributed by atoms with E-state index in [-0.39, 0.29) is 5.91 Å². The van der Waals surface area contributed by atoms with Crippen LogP contribution in [0.5, 0.6) is 0 Å². The highest BCUT2D eigenvalue weighted by atomic mass is 16.5. The summed E-state index contributed by atoms with van der Waals surface area (Å²) >= 11 is 0. The van der Waals surface area contributed by atoms with Crippen LogP contribution in [0.2, 0.25) is 0 Å². The maximum absolute atomic E-state index is 12.8. The minimum absolute atomic E-state index is 0.0124. The van der Waals surface area contributed by atoms with E-state index >= 15 is 0 Å². The molecular formula is C17H20N4O2. The Balaban J connectivity index is 1.51. The summed E-state index contributed by atoms with van der Waals surface area (Å²) in [4.78, 5) is 16.3. The third kappa shape index (κ3) is 3.12. The molecule has 4 rings (SSSR count). The van der Waals surface area contributed by atoms with Gasteiger partial charge in [-0.1, -0.05) is 18.2 Å². The van der Waals surface area contributed by atoms with Crippen LogP contribution in [0.15, 0.2) is 36.5 Å². The minimum Gasteiger partial charge on any atom is -0.381 e. The van der Waals surface area contributed by atoms with E-state index in [4.69, 9.17) is 4.74 Å². The van der Waals surface area contributed by atoms with E-state index in [2.05, 4.69) is 10.2 Å². The summed E-state index contributed by atoms with van der Waals surface area (Å²) in [7, 11) is 0. The fraction of sp³-hybridized carbons (Fsp3) is 0.471. The predicted octanol–water partition coefficient (Wildman–Crippen LogP) is 1.91. The molecule has 2 heterocycles. The Hall–Kier alpha value is -2.21. The maximum atomic E-state index is 12.8. The molecule has 1 aromatic carbocycles. The number of nitrogens with zero attached hydrogens (tertiary/aromatic N) is 4. The van der Waals surface area contributed by atoms with Crippen LogP contribution in [0.4, 0.5) is 0 Å². The molecular weight excluding hydrogens is 292 g/mol. The molecule has 1 aliphatic heterocycles. The van der Waals surface area contributed by atoms with Crippen molar-refractivity contribution in [3.05, 3.63) is 42.2 Å². The van der Waals surface area contributed by atoms with Gasteiger partial charge in [0.1, 0.15) is 0 Å². The Morgan fingerprint density at radius 3 is 2.78 bits per heavy atom. The summed E-state index contributed by atoms with van der Waals surface area (Å²) in [5.74, 6) is 0.435. The smallest absolute Gasteiger partial charge is 0.276 e. The molecule has 120 valence electrons. The molecule has 0 spiro atoms. The zero-order chi connectivity index (χ0) is 15.6. The highest BCUT2D eigenvalue weighted by Gasteiger charge is 2.36. The number of para-hydroxylation sites is 1. The van der Waals surface area contributed by atoms with Crippen molar-refractivity contribution in [3.63, 3.8) is 0 Å². The van der Waals surface area contributed by atoms with Crippen LogP contribution in [0.3, 0.4) is 0 Å². The van der Waals surface area contributed by atoms with Gasteiger partial charge >= 0.3 is 0 Å². The Morgan fingerprint density at radius 1 is 1.26 bits per heavy atom. The van der Waals surface area contributed by atoms with Crippen molar-refractivity contribution in [1.29, 1.82) is 0 Å². The van der Waals surface area contributed by atoms with E-state index in [1.165, 1.54) is 4.80 Å². The highest BCUT2D eigenvalue weighted by molar-refractivity contribution is 5.92. The van der Waals surface area contributed by atoms with Crippen molar-refractivity contribution in [2.45, 2.75) is 25.3 Å². The van der Waals surface area contributed by atoms with Crippen LogP contribution in [-0.2, 0) is 4.74 Å². The van der Waals surface area contributed by atoms with Crippen LogP contribution >= 0.6 is 0 Å². The van der Waals surface area contributed by atoms with Crippen molar-refractivity contribution < 1.29 is 9.53 Å². The molecule has 2 aromatic rings. The zero-order valence-electron chi connectivity index (χ0n) is 13.0. The van der Waals surface area contributed by atoms with E-state index in [1.807, 2.05) is 35.2 Å². The topological polar surface area (TPSA) is 60.2 Å². The fourth-order valence-corrected chi connectivity index (χ4v) is 2.98. The Bertz CT molecular complexity index is 675. The lowest BCUT2D eigenvalue weighted by molar-refractivity contribution is 0.0700. The number of ether oxygens (including phenoxy) is 1. The molecule has 2 fully saturated rings. The molecule has 1 aromatic heterocycles. The van der Waals surface area contributed by atoms with Crippen LogP contribution < -0.4 is 0 Å². The van der Waals surface area contributed by atoms with Gasteiger partial charge in [-0.2, -0.15) is 9.90 Å². The maximum Gasteiger partial charge on any atom is 0.276 e. The molecule has 6 nitrogen and oxygen atoms in total. The molecule has 1 aliphatic carbocycles. The number of aromatic nitrogens is 3. The molecule has 6 heteroatoms. The van der Waals surface area contributed by atoms with Crippen molar-refractivity contribution >= 4 is 5.91 Å². The summed E-state index contributed by atoms with van der Waals surface area (Å²) in [6.45, 7) is 2.33. The molecule has 2 aliphatic rings. The molecule has 0 N–H and O–H groups in total. The van der Waals surface area contributed by atoms with Crippen molar-refractivity contribution in [3.8, 4) is 5.69 Å². The van der Waals surface area contributed by atoms with Gasteiger partial charge in [-0.15, -0.1) is 5.10 Å². The standard InChI is InChI=1S/C17H20N4O2/c22-17(20(14-6-7-14)11-13-8-9-23-12-13)16-10-18-21(19-16)15-4-2-1-3-5-15/h1-5,10,13-14H,6-9,11-12H2/t13-/m0/s1. The molecule has 1 saturated carbocycles. The number of hydrogen-bond donors (Lipinski definition) is 0. The second kappa shape index (κ2) is 6.12. The summed E-state index contributed by atoms with van der Waals surface area (Å²) in [6.07, 6.45) is 4.78. The molecule has 23 heavy (non-hydrogen) atoms. The lowest BCUT2D eigenvalue weighted by Gasteiger charge is -2.24. The first-order valence-corrected chi connectivity index (χ1v) is 8.18. The van der Waals surface area contributed by atoms with Gasteiger partial charge in [-0.25, -0.2) is 0 Å². The van der Waals surface area contributed by atoms with Gasteiger partial charge in [0.25, 0.3) is 5.91 Å². The molecule has 0 bridgehead atoms. The highest BCUT2D eigenvalue weighted by Crippen LogP contribution is 2.30. The minimum atomic E-state index is -0.0124. The van der Waals surface area contributed by atoms with Crippen LogP contribution in [0.25, 0.3) is 5.69 Å². The van der Waals surface area contributed by atoms with E-state index < -0.39 is 0 Å². The van der Waals surface area contributed by atoms with E-state index in [9.17, 15) is 4.79 Å². The Labute approximate surface area is 135 Å². The van der Waals surface area contributed by atoms with E-state index in [0.29, 0.717) is 17.7 Å². The van der Waals surface area contributed by atoms with Crippen LogP contribution in [-0.4, -0.2) is 51.6 Å². The molecule has 0 unspecified atom stereocenters. The third-order valence-electron chi connectivity index (χ3n) is 4.43. The van der Waals surface area contributed by atoms with Gasteiger partial charge in [0, 0.05) is 25.1 Å². The van der Waals surface area contributed by atoms with Gasteiger partial charge in [0.15, 0.2) is 5.69 Å². The number of benzene rings is 1. The SMILES string of the molecule is O=C(c1cnn(-c2ccccc2)n1)N(C[C@@H]1CCOC1)C1CC1. The van der Waals surface area contributed by atoms with Gasteiger partial charge < -0.3 is 9.64 Å². The summed E-state index contributed by atoms with van der Waals surface area (Å²) in [5, 5.41) is 8.60. The summed E-state index contributed by atoms with van der Waals surface area (Å²) in [5.41, 5.74) is 1.27. The van der Waals surface area contributed by atoms with Crippen LogP contribution in [0.1, 0.15) is 29.8 Å². The molecule has 1 atom stereocenters. The Morgan fingerprint density at radius 2 is 2.09 bits per heavy atom. The zero-order valence-corrected chi connectivity index (χ0v) is 13.0. The molecule has 1 amide bonds. The number of rotatable bonds is 5. The fourth-order valence-electron chi connectivity index (χ4n) is 2.98. The number of carbonyl (C=O) groups is 1. The summed E-state index contributed by atoms with van der Waals surface area (Å²) < 4.78 is 5.44. The van der Waals surface area contributed by atoms with E-state index in [0.717, 1.165) is 44.7 Å². The largest absolute Gasteiger partial charge is 0.381 e. The Kier molecular flexibility index (Phi) is 3.83. The second-order valence-electron chi connectivity index (χ2n) is 6.27. The average Bonchev–Trinajstić information content (AvgIpc) is 3.10. The lowest BCUT2D eigenvalue weighted by atomic mass is 10.1. The van der Waals surface area contributed by atoms with E-state index in [1.54, 1.807) is 6.20 Å². The predicted molar refractivity (Wildman–Crippen MR) is 84.3 cm³/mol. The number of amides is 1. The number of hydrogen-bond acceptors (Lipinski definition) is 4. The lowest BCUT2D eigenvalue weighted by Crippen LogP contribution is -2.37. The van der Waals surface area contributed by atoms with Gasteiger partial charge in [-0.3, -0.25) is 4.79 Å². The molecule has 0 radical (unpaired) electrons. The van der Waals surface area contributed by atoms with Gasteiger partial charge in [0.2, 0.25) is 0 Å². The third-order valence-corrected chi connectivity index (χ3v) is 4.43. The monoisotopic (exact) mass is 312 g/mol. The van der Waals surface area contributed by atoms with Crippen molar-refractivity contribution in [1.82, 2.24) is 19.9 Å². The average molecular weight is 312 g/mol. The first-order chi connectivity index (χ1) is 11.3. The second-order valence-corrected chi connectivity index (χ2v) is 6.27. The summed E-state index contributed by atoms with van der Waals surface area (Å²) in [6, 6.07) is 10.0. The van der Waals surface area contributed by atoms with Gasteiger partial charge in [0.05, 0.1) is 18.5 Å². The molecule has 1 saturated heterocycles. The van der Waals surface area contributed by atoms with Crippen LogP contribution in [0, 0.1) is 5.92 Å². The first-order valence-electron chi connectivity index (χ1n) is 8.18. The normalized spacial score (nSPS) is 20.6. The first kappa shape index (κ1) is 14.4.